The fourth-order valence-electron chi connectivity index (χ4n) is 4.68. The van der Waals surface area contributed by atoms with Crippen LogP contribution < -0.4 is 10.2 Å². The van der Waals surface area contributed by atoms with E-state index in [9.17, 15) is 19.4 Å². The second-order valence-electron chi connectivity index (χ2n) is 12.9. The third-order valence-electron chi connectivity index (χ3n) is 7.50. The van der Waals surface area contributed by atoms with Crippen molar-refractivity contribution in [1.29, 1.82) is 0 Å². The minimum atomic E-state index is -4.56. The number of likely N-dealkylation sites (N-methyl/N-ethyl adjacent to an activating group) is 1. The number of nitrogens with one attached hydrogen (secondary N) is 1. The van der Waals surface area contributed by atoms with Gasteiger partial charge in [-0.1, -0.05) is 129 Å². The molecule has 9 heteroatoms. The van der Waals surface area contributed by atoms with Gasteiger partial charge < -0.3 is 28.8 Å². The first-order valence-corrected chi connectivity index (χ1v) is 18.5. The maximum Gasteiger partial charge on any atom is 0.268 e. The molecule has 3 atom stereocenters. The van der Waals surface area contributed by atoms with E-state index in [-0.39, 0.29) is 19.1 Å². The van der Waals surface area contributed by atoms with Gasteiger partial charge in [-0.2, -0.15) is 0 Å². The molecule has 250 valence electrons. The zero-order valence-corrected chi connectivity index (χ0v) is 28.9. The van der Waals surface area contributed by atoms with Crippen molar-refractivity contribution in [3.63, 3.8) is 0 Å². The first-order valence-electron chi connectivity index (χ1n) is 17.1. The van der Waals surface area contributed by atoms with Gasteiger partial charge in [0.1, 0.15) is 13.2 Å². The van der Waals surface area contributed by atoms with Crippen molar-refractivity contribution < 1.29 is 32.9 Å². The standard InChI is InChI=1S/C33H67N2O6P/c1-6-8-10-12-14-15-16-17-18-19-21-23-25-27-33(37)34-31(32(36)26-24-22-20-13-11-9-7-2)30-41-42(38,39)40-29-28-35(3,4)5/h24,26,31-32,36H,6-23,25,27-30H2,1-5H3,(H-,34,37,38,39)/b26-24+. The van der Waals surface area contributed by atoms with E-state index in [4.69, 9.17) is 9.05 Å². The van der Waals surface area contributed by atoms with E-state index < -0.39 is 20.0 Å². The molecule has 0 saturated heterocycles. The molecule has 0 bridgehead atoms. The van der Waals surface area contributed by atoms with Crippen LogP contribution in [0.4, 0.5) is 0 Å². The highest BCUT2D eigenvalue weighted by atomic mass is 31.2. The molecule has 2 N–H and O–H groups in total. The van der Waals surface area contributed by atoms with Crippen LogP contribution in [-0.2, 0) is 18.4 Å². The van der Waals surface area contributed by atoms with Crippen molar-refractivity contribution in [3.05, 3.63) is 12.2 Å². The maximum absolute atomic E-state index is 12.7. The van der Waals surface area contributed by atoms with Gasteiger partial charge in [0, 0.05) is 6.42 Å². The first-order chi connectivity index (χ1) is 20.0. The summed E-state index contributed by atoms with van der Waals surface area (Å²) in [6.07, 6.45) is 25.5. The fourth-order valence-corrected chi connectivity index (χ4v) is 5.40. The molecule has 0 aromatic rings. The van der Waals surface area contributed by atoms with Gasteiger partial charge in [-0.25, -0.2) is 0 Å². The summed E-state index contributed by atoms with van der Waals surface area (Å²) >= 11 is 0. The summed E-state index contributed by atoms with van der Waals surface area (Å²) < 4.78 is 22.9. The van der Waals surface area contributed by atoms with Gasteiger partial charge >= 0.3 is 0 Å². The van der Waals surface area contributed by atoms with Crippen molar-refractivity contribution >= 4 is 13.7 Å². The van der Waals surface area contributed by atoms with Gasteiger partial charge in [0.05, 0.1) is 39.9 Å². The van der Waals surface area contributed by atoms with E-state index >= 15 is 0 Å². The first kappa shape index (κ1) is 41.2. The van der Waals surface area contributed by atoms with E-state index in [1.165, 1.54) is 83.5 Å². The van der Waals surface area contributed by atoms with E-state index in [2.05, 4.69) is 19.2 Å². The highest BCUT2D eigenvalue weighted by molar-refractivity contribution is 7.45. The van der Waals surface area contributed by atoms with Crippen LogP contribution in [0.5, 0.6) is 0 Å². The molecule has 0 aliphatic rings. The lowest BCUT2D eigenvalue weighted by molar-refractivity contribution is -0.870. The van der Waals surface area contributed by atoms with Gasteiger partial charge in [-0.3, -0.25) is 9.36 Å². The molecular weight excluding hydrogens is 551 g/mol. The number of phosphoric ester groups is 1. The van der Waals surface area contributed by atoms with Crippen LogP contribution in [-0.4, -0.2) is 68.5 Å². The Labute approximate surface area is 259 Å². The van der Waals surface area contributed by atoms with E-state index in [0.717, 1.165) is 38.5 Å². The zero-order chi connectivity index (χ0) is 31.5. The lowest BCUT2D eigenvalue weighted by atomic mass is 10.0. The molecule has 8 nitrogen and oxygen atoms in total. The summed E-state index contributed by atoms with van der Waals surface area (Å²) in [6.45, 7) is 4.55. The van der Waals surface area contributed by atoms with E-state index in [0.29, 0.717) is 17.4 Å². The number of allylic oxidation sites excluding steroid dienone is 1. The quantitative estimate of drug-likeness (QED) is 0.0375. The van der Waals surface area contributed by atoms with Gasteiger partial charge in [0.2, 0.25) is 5.91 Å². The molecule has 0 heterocycles. The van der Waals surface area contributed by atoms with E-state index in [1.54, 1.807) is 6.08 Å². The van der Waals surface area contributed by atoms with Gasteiger partial charge in [-0.05, 0) is 19.3 Å². The number of rotatable bonds is 30. The summed E-state index contributed by atoms with van der Waals surface area (Å²) in [5, 5.41) is 13.5. The maximum atomic E-state index is 12.7. The van der Waals surface area contributed by atoms with Crippen molar-refractivity contribution in [3.8, 4) is 0 Å². The number of carbonyl (C=O) groups excluding carboxylic acids is 1. The molecule has 42 heavy (non-hydrogen) atoms. The Bertz CT molecular complexity index is 713. The summed E-state index contributed by atoms with van der Waals surface area (Å²) in [4.78, 5) is 24.9. The number of carbonyl (C=O) groups is 1. The Hall–Kier alpha value is -0.760. The molecule has 0 radical (unpaired) electrons. The molecule has 0 aliphatic heterocycles. The Morgan fingerprint density at radius 2 is 1.29 bits per heavy atom. The van der Waals surface area contributed by atoms with Crippen LogP contribution in [0.1, 0.15) is 142 Å². The lowest BCUT2D eigenvalue weighted by Gasteiger charge is -2.29. The molecular formula is C33H67N2O6P. The highest BCUT2D eigenvalue weighted by Crippen LogP contribution is 2.38. The summed E-state index contributed by atoms with van der Waals surface area (Å²) in [7, 11) is 1.26. The molecule has 0 spiro atoms. The summed E-state index contributed by atoms with van der Waals surface area (Å²) in [6, 6.07) is -0.875. The predicted octanol–water partition coefficient (Wildman–Crippen LogP) is 7.44. The molecule has 0 fully saturated rings. The number of phosphoric acid groups is 1. The van der Waals surface area contributed by atoms with Gasteiger partial charge in [0.25, 0.3) is 7.82 Å². The average Bonchev–Trinajstić information content (AvgIpc) is 2.92. The number of aliphatic hydroxyl groups excluding tert-OH is 1. The molecule has 0 aromatic carbocycles. The second kappa shape index (κ2) is 26.6. The molecule has 0 aromatic heterocycles. The fraction of sp³-hybridized carbons (Fsp3) is 0.909. The minimum absolute atomic E-state index is 0.000832. The lowest BCUT2D eigenvalue weighted by Crippen LogP contribution is -2.45. The van der Waals surface area contributed by atoms with Crippen LogP contribution in [0, 0.1) is 0 Å². The largest absolute Gasteiger partial charge is 0.756 e. The SMILES string of the molecule is CCCCCCC/C=C/C(O)C(COP(=O)([O-])OCC[N+](C)(C)C)NC(=O)CCCCCCCCCCCCCCC. The molecule has 1 amide bonds. The van der Waals surface area contributed by atoms with Crippen molar-refractivity contribution in [1.82, 2.24) is 5.32 Å². The second-order valence-corrected chi connectivity index (χ2v) is 14.3. The molecule has 0 rings (SSSR count). The van der Waals surface area contributed by atoms with Crippen LogP contribution >= 0.6 is 7.82 Å². The van der Waals surface area contributed by atoms with Crippen LogP contribution in [0.2, 0.25) is 0 Å². The van der Waals surface area contributed by atoms with Crippen LogP contribution in [0.3, 0.4) is 0 Å². The Kier molecular flexibility index (Phi) is 26.1. The van der Waals surface area contributed by atoms with E-state index in [1.807, 2.05) is 27.2 Å². The number of aliphatic hydroxyl groups is 1. The Morgan fingerprint density at radius 3 is 1.79 bits per heavy atom. The smallest absolute Gasteiger partial charge is 0.268 e. The number of amides is 1. The number of hydrogen-bond acceptors (Lipinski definition) is 6. The van der Waals surface area contributed by atoms with Crippen molar-refractivity contribution in [2.24, 2.45) is 0 Å². The number of nitrogens with zero attached hydrogens (tertiary/aromatic N) is 1. The normalized spacial score (nSPS) is 15.1. The topological polar surface area (TPSA) is 108 Å². The number of unbranched alkanes of at least 4 members (excludes halogenated alkanes) is 17. The third-order valence-corrected chi connectivity index (χ3v) is 8.46. The van der Waals surface area contributed by atoms with Crippen molar-refractivity contribution in [2.45, 2.75) is 154 Å². The average molecular weight is 619 g/mol. The summed E-state index contributed by atoms with van der Waals surface area (Å²) in [5.41, 5.74) is 0. The van der Waals surface area contributed by atoms with Crippen molar-refractivity contribution in [2.75, 3.05) is 40.9 Å². The van der Waals surface area contributed by atoms with Gasteiger partial charge in [0.15, 0.2) is 0 Å². The molecule has 0 saturated carbocycles. The Morgan fingerprint density at radius 1 is 0.810 bits per heavy atom. The van der Waals surface area contributed by atoms with Crippen LogP contribution in [0.25, 0.3) is 0 Å². The number of hydrogen-bond donors (Lipinski definition) is 2. The highest BCUT2D eigenvalue weighted by Gasteiger charge is 2.23. The van der Waals surface area contributed by atoms with Gasteiger partial charge in [-0.15, -0.1) is 0 Å². The number of quaternary nitrogens is 1. The Balaban J connectivity index is 4.50. The molecule has 0 aliphatic carbocycles. The molecule has 3 unspecified atom stereocenters. The summed E-state index contributed by atoms with van der Waals surface area (Å²) in [5.74, 6) is -0.203. The van der Waals surface area contributed by atoms with Crippen LogP contribution in [0.15, 0.2) is 12.2 Å². The zero-order valence-electron chi connectivity index (χ0n) is 28.0. The monoisotopic (exact) mass is 618 g/mol. The predicted molar refractivity (Wildman–Crippen MR) is 173 cm³/mol. The third kappa shape index (κ3) is 28.0. The minimum Gasteiger partial charge on any atom is -0.756 e.